The number of hydrogen-bond donors (Lipinski definition) is 0. The fourth-order valence-corrected chi connectivity index (χ4v) is 2.07. The van der Waals surface area contributed by atoms with Crippen LogP contribution in [-0.2, 0) is 4.79 Å². The van der Waals surface area contributed by atoms with Gasteiger partial charge in [0.1, 0.15) is 16.4 Å². The maximum absolute atomic E-state index is 13.3. The van der Waals surface area contributed by atoms with Gasteiger partial charge < -0.3 is 0 Å². The Labute approximate surface area is 108 Å². The molecule has 94 valence electrons. The number of ketones is 1. The van der Waals surface area contributed by atoms with E-state index in [0.29, 0.717) is 0 Å². The smallest absolute Gasteiger partial charge is 0.298 e. The largest absolute Gasteiger partial charge is 0.446 e. The Hall–Kier alpha value is -0.560. The second kappa shape index (κ2) is 5.39. The predicted octanol–water partition coefficient (Wildman–Crippen LogP) is 4.46. The third-order valence-electron chi connectivity index (χ3n) is 1.83. The van der Waals surface area contributed by atoms with Crippen molar-refractivity contribution in [3.05, 3.63) is 29.6 Å². The van der Waals surface area contributed by atoms with Crippen LogP contribution >= 0.6 is 27.7 Å². The third-order valence-corrected chi connectivity index (χ3v) is 3.69. The molecule has 0 radical (unpaired) electrons. The molecule has 1 aromatic rings. The number of carbonyl (C=O) groups excluding carboxylic acids is 1. The Morgan fingerprint density at radius 1 is 1.41 bits per heavy atom. The van der Waals surface area contributed by atoms with E-state index in [1.165, 1.54) is 6.92 Å². The minimum atomic E-state index is -4.44. The lowest BCUT2D eigenvalue weighted by Crippen LogP contribution is -2.05. The molecular weight excluding hydrogens is 324 g/mol. The fourth-order valence-electron chi connectivity index (χ4n) is 1.13. The van der Waals surface area contributed by atoms with Crippen molar-refractivity contribution in [3.8, 4) is 0 Å². The van der Waals surface area contributed by atoms with Crippen LogP contribution in [0.15, 0.2) is 23.1 Å². The predicted molar refractivity (Wildman–Crippen MR) is 60.7 cm³/mol. The van der Waals surface area contributed by atoms with Crippen molar-refractivity contribution in [1.29, 1.82) is 0 Å². The highest BCUT2D eigenvalue weighted by atomic mass is 79.9. The topological polar surface area (TPSA) is 17.1 Å². The summed E-state index contributed by atoms with van der Waals surface area (Å²) in [6.07, 6.45) is 0. The number of benzene rings is 1. The second-order valence-corrected chi connectivity index (χ2v) is 5.26. The molecule has 0 bridgehead atoms. The highest BCUT2D eigenvalue weighted by Gasteiger charge is 2.30. The average molecular weight is 331 g/mol. The number of alkyl halides is 4. The maximum atomic E-state index is 13.3. The minimum absolute atomic E-state index is 0.0910. The molecule has 0 aromatic heterocycles. The molecule has 0 fully saturated rings. The third kappa shape index (κ3) is 4.31. The number of rotatable bonds is 3. The molecule has 1 rings (SSSR count). The summed E-state index contributed by atoms with van der Waals surface area (Å²) in [5.74, 6) is -1.09. The first kappa shape index (κ1) is 14.5. The summed E-state index contributed by atoms with van der Waals surface area (Å²) in [6, 6.07) is 2.96. The summed E-state index contributed by atoms with van der Waals surface area (Å²) < 4.78 is 49.7. The molecule has 17 heavy (non-hydrogen) atoms. The first-order chi connectivity index (χ1) is 7.70. The molecule has 1 aromatic carbocycles. The number of halogens is 5. The monoisotopic (exact) mass is 330 g/mol. The van der Waals surface area contributed by atoms with E-state index in [0.717, 1.165) is 18.2 Å². The highest BCUT2D eigenvalue weighted by molar-refractivity contribution is 9.09. The molecule has 1 nitrogen and oxygen atoms in total. The zero-order valence-electron chi connectivity index (χ0n) is 8.52. The standard InChI is InChI=1S/C10H7BrF4OS/c1-5(16)9(11)7-4-6(2-3-8(7)12)17-10(13,14)15/h2-4,9H,1H3. The summed E-state index contributed by atoms with van der Waals surface area (Å²) in [6.45, 7) is 1.22. The zero-order chi connectivity index (χ0) is 13.2. The molecule has 0 saturated carbocycles. The van der Waals surface area contributed by atoms with Crippen LogP contribution in [0.5, 0.6) is 0 Å². The van der Waals surface area contributed by atoms with Crippen molar-refractivity contribution < 1.29 is 22.4 Å². The van der Waals surface area contributed by atoms with Crippen LogP contribution in [0.1, 0.15) is 17.3 Å². The molecule has 0 aliphatic carbocycles. The van der Waals surface area contributed by atoms with Gasteiger partial charge in [-0.05, 0) is 36.9 Å². The summed E-state index contributed by atoms with van der Waals surface area (Å²) in [4.78, 5) is 9.96. The SMILES string of the molecule is CC(=O)C(Br)c1cc(SC(F)(F)F)ccc1F. The molecule has 0 amide bonds. The molecule has 0 aliphatic heterocycles. The average Bonchev–Trinajstić information content (AvgIpc) is 2.17. The minimum Gasteiger partial charge on any atom is -0.298 e. The number of carbonyl (C=O) groups is 1. The van der Waals surface area contributed by atoms with Gasteiger partial charge in [-0.25, -0.2) is 4.39 Å². The Balaban J connectivity index is 3.06. The first-order valence-corrected chi connectivity index (χ1v) is 6.13. The number of hydrogen-bond acceptors (Lipinski definition) is 2. The first-order valence-electron chi connectivity index (χ1n) is 4.40. The van der Waals surface area contributed by atoms with Gasteiger partial charge in [0.25, 0.3) is 0 Å². The van der Waals surface area contributed by atoms with Crippen molar-refractivity contribution in [1.82, 2.24) is 0 Å². The lowest BCUT2D eigenvalue weighted by atomic mass is 10.1. The fraction of sp³-hybridized carbons (Fsp3) is 0.300. The molecule has 0 spiro atoms. The van der Waals surface area contributed by atoms with Crippen LogP contribution in [0.4, 0.5) is 17.6 Å². The van der Waals surface area contributed by atoms with Crippen LogP contribution in [-0.4, -0.2) is 11.3 Å². The van der Waals surface area contributed by atoms with E-state index < -0.39 is 16.2 Å². The van der Waals surface area contributed by atoms with Crippen molar-refractivity contribution in [3.63, 3.8) is 0 Å². The normalized spacial score (nSPS) is 13.5. The molecule has 7 heteroatoms. The van der Waals surface area contributed by atoms with Crippen molar-refractivity contribution in [2.45, 2.75) is 22.2 Å². The van der Waals surface area contributed by atoms with Crippen molar-refractivity contribution in [2.75, 3.05) is 0 Å². The van der Waals surface area contributed by atoms with Crippen LogP contribution in [0, 0.1) is 5.82 Å². The van der Waals surface area contributed by atoms with Gasteiger partial charge in [-0.2, -0.15) is 13.2 Å². The van der Waals surface area contributed by atoms with E-state index in [1.807, 2.05) is 0 Å². The van der Waals surface area contributed by atoms with Gasteiger partial charge in [-0.1, -0.05) is 15.9 Å². The second-order valence-electron chi connectivity index (χ2n) is 3.20. The maximum Gasteiger partial charge on any atom is 0.446 e. The van der Waals surface area contributed by atoms with Crippen LogP contribution in [0.25, 0.3) is 0 Å². The Kier molecular flexibility index (Phi) is 4.60. The number of Topliss-reactive ketones (excluding diaryl/α,β-unsaturated/α-hetero) is 1. The van der Waals surface area contributed by atoms with Gasteiger partial charge in [0, 0.05) is 10.5 Å². The molecule has 1 atom stereocenters. The molecule has 0 saturated heterocycles. The van der Waals surface area contributed by atoms with Crippen LogP contribution < -0.4 is 0 Å². The van der Waals surface area contributed by atoms with Gasteiger partial charge in [0.15, 0.2) is 0 Å². The van der Waals surface area contributed by atoms with Gasteiger partial charge in [0.05, 0.1) is 0 Å². The van der Waals surface area contributed by atoms with Crippen LogP contribution in [0.2, 0.25) is 0 Å². The molecule has 0 heterocycles. The number of thioether (sulfide) groups is 1. The van der Waals surface area contributed by atoms with Crippen LogP contribution in [0.3, 0.4) is 0 Å². The van der Waals surface area contributed by atoms with E-state index in [4.69, 9.17) is 0 Å². The molecule has 0 aliphatic rings. The van der Waals surface area contributed by atoms with E-state index in [9.17, 15) is 22.4 Å². The lowest BCUT2D eigenvalue weighted by Gasteiger charge is -2.11. The van der Waals surface area contributed by atoms with Crippen molar-refractivity contribution in [2.24, 2.45) is 0 Å². The van der Waals surface area contributed by atoms with Gasteiger partial charge in [0.2, 0.25) is 0 Å². The van der Waals surface area contributed by atoms with E-state index in [-0.39, 0.29) is 28.0 Å². The summed E-state index contributed by atoms with van der Waals surface area (Å²) in [5.41, 5.74) is -4.53. The highest BCUT2D eigenvalue weighted by Crippen LogP contribution is 2.38. The summed E-state index contributed by atoms with van der Waals surface area (Å²) >= 11 is 2.59. The van der Waals surface area contributed by atoms with E-state index in [2.05, 4.69) is 15.9 Å². The Morgan fingerprint density at radius 2 is 2.00 bits per heavy atom. The van der Waals surface area contributed by atoms with Gasteiger partial charge in [-0.15, -0.1) is 0 Å². The summed E-state index contributed by atoms with van der Waals surface area (Å²) in [5, 5.41) is 0. The Bertz CT molecular complexity index is 433. The van der Waals surface area contributed by atoms with Gasteiger partial charge in [-0.3, -0.25) is 4.79 Å². The lowest BCUT2D eigenvalue weighted by molar-refractivity contribution is -0.116. The van der Waals surface area contributed by atoms with Gasteiger partial charge >= 0.3 is 5.51 Å². The molecule has 1 unspecified atom stereocenters. The van der Waals surface area contributed by atoms with E-state index >= 15 is 0 Å². The summed E-state index contributed by atoms with van der Waals surface area (Å²) in [7, 11) is 0. The molecule has 0 N–H and O–H groups in total. The zero-order valence-corrected chi connectivity index (χ0v) is 10.9. The van der Waals surface area contributed by atoms with E-state index in [1.54, 1.807) is 0 Å². The van der Waals surface area contributed by atoms with Crippen molar-refractivity contribution >= 4 is 33.5 Å². The molecular formula is C10H7BrF4OS. The quantitative estimate of drug-likeness (QED) is 0.462. The Morgan fingerprint density at radius 3 is 2.47 bits per heavy atom.